The van der Waals surface area contributed by atoms with Gasteiger partial charge in [-0.1, -0.05) is 15.9 Å². The molecule has 16 heavy (non-hydrogen) atoms. The van der Waals surface area contributed by atoms with E-state index in [-0.39, 0.29) is 12.6 Å². The Morgan fingerprint density at radius 2 is 1.94 bits per heavy atom. The normalized spacial score (nSPS) is 11.0. The van der Waals surface area contributed by atoms with Crippen molar-refractivity contribution in [3.8, 4) is 0 Å². The van der Waals surface area contributed by atoms with Crippen LogP contribution in [0.15, 0.2) is 28.7 Å². The van der Waals surface area contributed by atoms with Crippen LogP contribution in [0.2, 0.25) is 0 Å². The van der Waals surface area contributed by atoms with Crippen LogP contribution in [-0.4, -0.2) is 23.3 Å². The van der Waals surface area contributed by atoms with E-state index in [1.165, 1.54) is 0 Å². The third-order valence-electron chi connectivity index (χ3n) is 1.95. The number of carbonyl (C=O) groups excluding carboxylic acids is 1. The minimum atomic E-state index is -0.626. The maximum absolute atomic E-state index is 11.5. The van der Waals surface area contributed by atoms with Gasteiger partial charge in [-0.25, -0.2) is 4.79 Å². The first-order valence-corrected chi connectivity index (χ1v) is 5.68. The quantitative estimate of drug-likeness (QED) is 0.799. The molecule has 2 amide bonds. The molecule has 0 aliphatic carbocycles. The van der Waals surface area contributed by atoms with Crippen molar-refractivity contribution in [2.75, 3.05) is 11.9 Å². The lowest BCUT2D eigenvalue weighted by Crippen LogP contribution is -2.48. The van der Waals surface area contributed by atoms with E-state index in [2.05, 4.69) is 26.6 Å². The first kappa shape index (κ1) is 13.0. The van der Waals surface area contributed by atoms with Gasteiger partial charge < -0.3 is 15.7 Å². The maximum atomic E-state index is 11.5. The number of urea groups is 1. The van der Waals surface area contributed by atoms with Crippen LogP contribution in [0.3, 0.4) is 0 Å². The molecule has 0 fully saturated rings. The Labute approximate surface area is 103 Å². The van der Waals surface area contributed by atoms with Crippen LogP contribution in [0.5, 0.6) is 0 Å². The highest BCUT2D eigenvalue weighted by atomic mass is 79.9. The zero-order valence-electron chi connectivity index (χ0n) is 9.25. The number of aliphatic hydroxyl groups excluding tert-OH is 1. The lowest BCUT2D eigenvalue weighted by Gasteiger charge is -2.23. The number of benzene rings is 1. The lowest BCUT2D eigenvalue weighted by atomic mass is 10.1. The van der Waals surface area contributed by atoms with E-state index in [0.717, 1.165) is 4.47 Å². The number of amides is 2. The first-order valence-electron chi connectivity index (χ1n) is 4.88. The molecule has 0 bridgehead atoms. The topological polar surface area (TPSA) is 61.4 Å². The van der Waals surface area contributed by atoms with Gasteiger partial charge in [0.15, 0.2) is 0 Å². The summed E-state index contributed by atoms with van der Waals surface area (Å²) in [6.07, 6.45) is 0. The Bertz CT molecular complexity index is 363. The summed E-state index contributed by atoms with van der Waals surface area (Å²) in [5, 5.41) is 14.3. The van der Waals surface area contributed by atoms with Gasteiger partial charge in [-0.3, -0.25) is 0 Å². The third-order valence-corrected chi connectivity index (χ3v) is 2.48. The zero-order valence-corrected chi connectivity index (χ0v) is 10.8. The first-order chi connectivity index (χ1) is 7.43. The molecule has 0 aliphatic rings. The molecule has 1 aromatic carbocycles. The van der Waals surface area contributed by atoms with Gasteiger partial charge in [0.05, 0.1) is 12.1 Å². The van der Waals surface area contributed by atoms with Crippen molar-refractivity contribution in [2.45, 2.75) is 19.4 Å². The van der Waals surface area contributed by atoms with Crippen LogP contribution in [0, 0.1) is 0 Å². The summed E-state index contributed by atoms with van der Waals surface area (Å²) in [6, 6.07) is 6.92. The number of carbonyl (C=O) groups is 1. The number of aliphatic hydroxyl groups is 1. The Morgan fingerprint density at radius 1 is 1.38 bits per heavy atom. The van der Waals surface area contributed by atoms with Gasteiger partial charge in [0.25, 0.3) is 0 Å². The minimum absolute atomic E-state index is 0.110. The monoisotopic (exact) mass is 286 g/mol. The number of anilines is 1. The summed E-state index contributed by atoms with van der Waals surface area (Å²) in [7, 11) is 0. The van der Waals surface area contributed by atoms with Gasteiger partial charge in [-0.2, -0.15) is 0 Å². The van der Waals surface area contributed by atoms with Gasteiger partial charge in [0.1, 0.15) is 0 Å². The largest absolute Gasteiger partial charge is 0.394 e. The van der Waals surface area contributed by atoms with Gasteiger partial charge in [-0.05, 0) is 38.1 Å². The standard InChI is InChI=1S/C11H15BrN2O2/c1-11(2,7-15)14-10(16)13-9-5-3-8(12)4-6-9/h3-6,15H,7H2,1-2H3,(H2,13,14,16). The molecule has 0 spiro atoms. The molecule has 88 valence electrons. The summed E-state index contributed by atoms with van der Waals surface area (Å²) in [5.74, 6) is 0. The Balaban J connectivity index is 2.55. The smallest absolute Gasteiger partial charge is 0.319 e. The number of hydrogen-bond acceptors (Lipinski definition) is 2. The van der Waals surface area contributed by atoms with Crippen molar-refractivity contribution in [3.05, 3.63) is 28.7 Å². The second-order valence-corrected chi connectivity index (χ2v) is 5.04. The van der Waals surface area contributed by atoms with Crippen LogP contribution >= 0.6 is 15.9 Å². The molecule has 0 aromatic heterocycles. The molecular weight excluding hydrogens is 272 g/mol. The average molecular weight is 287 g/mol. The molecule has 1 rings (SSSR count). The highest BCUT2D eigenvalue weighted by Gasteiger charge is 2.18. The fraction of sp³-hybridized carbons (Fsp3) is 0.364. The Kier molecular flexibility index (Phi) is 4.32. The van der Waals surface area contributed by atoms with Crippen LogP contribution in [0.1, 0.15) is 13.8 Å². The Morgan fingerprint density at radius 3 is 2.44 bits per heavy atom. The molecule has 0 saturated heterocycles. The van der Waals surface area contributed by atoms with Crippen molar-refractivity contribution in [1.29, 1.82) is 0 Å². The highest BCUT2D eigenvalue weighted by Crippen LogP contribution is 2.14. The zero-order chi connectivity index (χ0) is 12.2. The molecule has 0 unspecified atom stereocenters. The van der Waals surface area contributed by atoms with Crippen molar-refractivity contribution < 1.29 is 9.90 Å². The van der Waals surface area contributed by atoms with Crippen molar-refractivity contribution in [1.82, 2.24) is 5.32 Å². The summed E-state index contributed by atoms with van der Waals surface area (Å²) in [4.78, 5) is 11.5. The van der Waals surface area contributed by atoms with E-state index >= 15 is 0 Å². The van der Waals surface area contributed by atoms with Gasteiger partial charge in [-0.15, -0.1) is 0 Å². The number of halogens is 1. The summed E-state index contributed by atoms with van der Waals surface area (Å²) in [5.41, 5.74) is 0.0776. The second-order valence-electron chi connectivity index (χ2n) is 4.13. The van der Waals surface area contributed by atoms with Gasteiger partial charge >= 0.3 is 6.03 Å². The molecule has 3 N–H and O–H groups in total. The van der Waals surface area contributed by atoms with E-state index in [4.69, 9.17) is 5.11 Å². The van der Waals surface area contributed by atoms with E-state index < -0.39 is 5.54 Å². The third kappa shape index (κ3) is 4.20. The molecule has 0 atom stereocenters. The van der Waals surface area contributed by atoms with E-state index in [9.17, 15) is 4.79 Å². The molecular formula is C11H15BrN2O2. The lowest BCUT2D eigenvalue weighted by molar-refractivity contribution is 0.187. The number of rotatable bonds is 3. The highest BCUT2D eigenvalue weighted by molar-refractivity contribution is 9.10. The van der Waals surface area contributed by atoms with E-state index in [1.807, 2.05) is 12.1 Å². The van der Waals surface area contributed by atoms with E-state index in [0.29, 0.717) is 5.69 Å². The van der Waals surface area contributed by atoms with Gasteiger partial charge in [0.2, 0.25) is 0 Å². The Hall–Kier alpha value is -1.07. The number of hydrogen-bond donors (Lipinski definition) is 3. The fourth-order valence-corrected chi connectivity index (χ4v) is 1.31. The fourth-order valence-electron chi connectivity index (χ4n) is 1.04. The molecule has 0 saturated carbocycles. The van der Waals surface area contributed by atoms with Crippen molar-refractivity contribution in [3.63, 3.8) is 0 Å². The predicted molar refractivity (Wildman–Crippen MR) is 67.5 cm³/mol. The predicted octanol–water partition coefficient (Wildman–Crippen LogP) is 2.34. The molecule has 0 aliphatic heterocycles. The number of nitrogens with one attached hydrogen (secondary N) is 2. The molecule has 4 nitrogen and oxygen atoms in total. The maximum Gasteiger partial charge on any atom is 0.319 e. The molecule has 0 radical (unpaired) electrons. The van der Waals surface area contributed by atoms with Crippen LogP contribution in [-0.2, 0) is 0 Å². The van der Waals surface area contributed by atoms with Gasteiger partial charge in [0, 0.05) is 10.2 Å². The minimum Gasteiger partial charge on any atom is -0.394 e. The van der Waals surface area contributed by atoms with Crippen LogP contribution in [0.25, 0.3) is 0 Å². The summed E-state index contributed by atoms with van der Waals surface area (Å²) >= 11 is 3.31. The molecule has 0 heterocycles. The molecule has 1 aromatic rings. The van der Waals surface area contributed by atoms with Crippen LogP contribution < -0.4 is 10.6 Å². The second kappa shape index (κ2) is 5.32. The van der Waals surface area contributed by atoms with Crippen molar-refractivity contribution in [2.24, 2.45) is 0 Å². The average Bonchev–Trinajstić information content (AvgIpc) is 2.21. The SMILES string of the molecule is CC(C)(CO)NC(=O)Nc1ccc(Br)cc1. The summed E-state index contributed by atoms with van der Waals surface area (Å²) < 4.78 is 0.953. The van der Waals surface area contributed by atoms with E-state index in [1.54, 1.807) is 26.0 Å². The summed E-state index contributed by atoms with van der Waals surface area (Å²) in [6.45, 7) is 3.38. The van der Waals surface area contributed by atoms with Crippen LogP contribution in [0.4, 0.5) is 10.5 Å². The molecule has 5 heteroatoms. The van der Waals surface area contributed by atoms with Crippen molar-refractivity contribution >= 4 is 27.6 Å².